The van der Waals surface area contributed by atoms with Crippen LogP contribution in [-0.4, -0.2) is 37.1 Å². The monoisotopic (exact) mass is 196 g/mol. The van der Waals surface area contributed by atoms with Crippen molar-refractivity contribution in [3.05, 3.63) is 0 Å². The second kappa shape index (κ2) is 5.13. The van der Waals surface area contributed by atoms with Gasteiger partial charge in [-0.05, 0) is 57.8 Å². The molecule has 2 fully saturated rings. The van der Waals surface area contributed by atoms with Crippen molar-refractivity contribution in [1.29, 1.82) is 0 Å². The Labute approximate surface area is 88.1 Å². The molecule has 0 spiro atoms. The van der Waals surface area contributed by atoms with Crippen LogP contribution in [0.25, 0.3) is 0 Å². The van der Waals surface area contributed by atoms with Gasteiger partial charge in [-0.25, -0.2) is 0 Å². The van der Waals surface area contributed by atoms with Crippen molar-refractivity contribution in [2.75, 3.05) is 26.2 Å². The van der Waals surface area contributed by atoms with Gasteiger partial charge in [0, 0.05) is 6.04 Å². The molecule has 2 rings (SSSR count). The lowest BCUT2D eigenvalue weighted by Crippen LogP contribution is -2.50. The van der Waals surface area contributed by atoms with Gasteiger partial charge in [-0.15, -0.1) is 0 Å². The fourth-order valence-electron chi connectivity index (χ4n) is 3.15. The molecule has 0 aromatic carbocycles. The molecule has 2 heterocycles. The van der Waals surface area contributed by atoms with E-state index in [9.17, 15) is 0 Å². The van der Waals surface area contributed by atoms with Gasteiger partial charge < -0.3 is 10.2 Å². The molecule has 14 heavy (non-hydrogen) atoms. The SMILES string of the molecule is CCNC[C@@H]1CCCN2CCCC[C@@H]12. The Bertz CT molecular complexity index is 168. The summed E-state index contributed by atoms with van der Waals surface area (Å²) in [5.74, 6) is 0.934. The van der Waals surface area contributed by atoms with Gasteiger partial charge in [0.2, 0.25) is 0 Å². The molecule has 0 aromatic rings. The average Bonchev–Trinajstić information content (AvgIpc) is 2.26. The Kier molecular flexibility index (Phi) is 3.82. The maximum Gasteiger partial charge on any atom is 0.0136 e. The number of nitrogens with zero attached hydrogens (tertiary/aromatic N) is 1. The Morgan fingerprint density at radius 1 is 1.14 bits per heavy atom. The third-order valence-electron chi connectivity index (χ3n) is 3.89. The number of piperidine rings is 2. The summed E-state index contributed by atoms with van der Waals surface area (Å²) in [5, 5.41) is 3.52. The van der Waals surface area contributed by atoms with Gasteiger partial charge >= 0.3 is 0 Å². The second-order valence-corrected chi connectivity index (χ2v) is 4.81. The summed E-state index contributed by atoms with van der Waals surface area (Å²) in [7, 11) is 0. The van der Waals surface area contributed by atoms with Crippen LogP contribution in [0.2, 0.25) is 0 Å². The van der Waals surface area contributed by atoms with Crippen LogP contribution < -0.4 is 5.32 Å². The highest BCUT2D eigenvalue weighted by Crippen LogP contribution is 2.30. The van der Waals surface area contributed by atoms with Crippen LogP contribution in [0.15, 0.2) is 0 Å². The normalized spacial score (nSPS) is 34.1. The molecule has 2 saturated heterocycles. The topological polar surface area (TPSA) is 15.3 Å². The first-order valence-electron chi connectivity index (χ1n) is 6.36. The van der Waals surface area contributed by atoms with Gasteiger partial charge in [-0.2, -0.15) is 0 Å². The van der Waals surface area contributed by atoms with Crippen LogP contribution in [-0.2, 0) is 0 Å². The van der Waals surface area contributed by atoms with Crippen LogP contribution >= 0.6 is 0 Å². The molecule has 2 aliphatic heterocycles. The summed E-state index contributed by atoms with van der Waals surface area (Å²) in [6.45, 7) is 7.32. The van der Waals surface area contributed by atoms with Crippen LogP contribution in [0, 0.1) is 5.92 Å². The highest BCUT2D eigenvalue weighted by molar-refractivity contribution is 4.87. The summed E-state index contributed by atoms with van der Waals surface area (Å²) in [6, 6.07) is 0.913. The lowest BCUT2D eigenvalue weighted by molar-refractivity contribution is 0.0597. The van der Waals surface area contributed by atoms with Crippen molar-refractivity contribution < 1.29 is 0 Å². The summed E-state index contributed by atoms with van der Waals surface area (Å²) in [4.78, 5) is 2.75. The Morgan fingerprint density at radius 2 is 2.00 bits per heavy atom. The Morgan fingerprint density at radius 3 is 2.86 bits per heavy atom. The van der Waals surface area contributed by atoms with E-state index in [0.717, 1.165) is 18.5 Å². The molecule has 0 aromatic heterocycles. The molecular formula is C12H24N2. The maximum atomic E-state index is 3.52. The minimum atomic E-state index is 0.913. The number of hydrogen-bond acceptors (Lipinski definition) is 2. The standard InChI is InChI=1S/C12H24N2/c1-2-13-10-11-6-5-9-14-8-4-3-7-12(11)14/h11-13H,2-10H2,1H3/t11-,12-/m0/s1. The van der Waals surface area contributed by atoms with Gasteiger partial charge in [0.15, 0.2) is 0 Å². The lowest BCUT2D eigenvalue weighted by Gasteiger charge is -2.44. The van der Waals surface area contributed by atoms with E-state index in [1.54, 1.807) is 0 Å². The summed E-state index contributed by atoms with van der Waals surface area (Å²) in [5.41, 5.74) is 0. The average molecular weight is 196 g/mol. The first-order valence-corrected chi connectivity index (χ1v) is 6.36. The molecule has 0 radical (unpaired) electrons. The minimum Gasteiger partial charge on any atom is -0.317 e. The summed E-state index contributed by atoms with van der Waals surface area (Å²) in [6.07, 6.45) is 7.23. The van der Waals surface area contributed by atoms with E-state index in [4.69, 9.17) is 0 Å². The van der Waals surface area contributed by atoms with E-state index >= 15 is 0 Å². The van der Waals surface area contributed by atoms with Gasteiger partial charge in [0.25, 0.3) is 0 Å². The minimum absolute atomic E-state index is 0.913. The molecule has 0 bridgehead atoms. The molecule has 2 heteroatoms. The second-order valence-electron chi connectivity index (χ2n) is 4.81. The van der Waals surface area contributed by atoms with Gasteiger partial charge in [0.1, 0.15) is 0 Å². The quantitative estimate of drug-likeness (QED) is 0.741. The van der Waals surface area contributed by atoms with E-state index in [1.807, 2.05) is 0 Å². The van der Waals surface area contributed by atoms with Crippen LogP contribution in [0.1, 0.15) is 39.0 Å². The first kappa shape index (κ1) is 10.4. The molecule has 0 aliphatic carbocycles. The van der Waals surface area contributed by atoms with Crippen LogP contribution in [0.4, 0.5) is 0 Å². The van der Waals surface area contributed by atoms with Crippen molar-refractivity contribution in [3.8, 4) is 0 Å². The number of rotatable bonds is 3. The van der Waals surface area contributed by atoms with E-state index < -0.39 is 0 Å². The fourth-order valence-corrected chi connectivity index (χ4v) is 3.15. The third-order valence-corrected chi connectivity index (χ3v) is 3.89. The Hall–Kier alpha value is -0.0800. The molecule has 0 amide bonds. The largest absolute Gasteiger partial charge is 0.317 e. The van der Waals surface area contributed by atoms with Crippen molar-refractivity contribution in [2.24, 2.45) is 5.92 Å². The Balaban J connectivity index is 1.88. The lowest BCUT2D eigenvalue weighted by atomic mass is 9.83. The van der Waals surface area contributed by atoms with Gasteiger partial charge in [0.05, 0.1) is 0 Å². The molecule has 0 saturated carbocycles. The fraction of sp³-hybridized carbons (Fsp3) is 1.00. The van der Waals surface area contributed by atoms with E-state index in [2.05, 4.69) is 17.1 Å². The van der Waals surface area contributed by atoms with E-state index in [0.29, 0.717) is 0 Å². The van der Waals surface area contributed by atoms with Crippen molar-refractivity contribution >= 4 is 0 Å². The summed E-state index contributed by atoms with van der Waals surface area (Å²) < 4.78 is 0. The smallest absolute Gasteiger partial charge is 0.0136 e. The predicted molar refractivity (Wildman–Crippen MR) is 60.5 cm³/mol. The molecule has 1 N–H and O–H groups in total. The van der Waals surface area contributed by atoms with Crippen LogP contribution in [0.5, 0.6) is 0 Å². The van der Waals surface area contributed by atoms with Gasteiger partial charge in [-0.1, -0.05) is 13.3 Å². The van der Waals surface area contributed by atoms with Crippen molar-refractivity contribution in [1.82, 2.24) is 10.2 Å². The highest BCUT2D eigenvalue weighted by Gasteiger charge is 2.32. The molecule has 2 atom stereocenters. The molecular weight excluding hydrogens is 172 g/mol. The van der Waals surface area contributed by atoms with E-state index in [1.165, 1.54) is 51.7 Å². The maximum absolute atomic E-state index is 3.52. The molecule has 2 aliphatic rings. The predicted octanol–water partition coefficient (Wildman–Crippen LogP) is 1.86. The van der Waals surface area contributed by atoms with Crippen molar-refractivity contribution in [3.63, 3.8) is 0 Å². The van der Waals surface area contributed by atoms with Gasteiger partial charge in [-0.3, -0.25) is 0 Å². The van der Waals surface area contributed by atoms with Crippen molar-refractivity contribution in [2.45, 2.75) is 45.1 Å². The van der Waals surface area contributed by atoms with Crippen LogP contribution in [0.3, 0.4) is 0 Å². The number of hydrogen-bond donors (Lipinski definition) is 1. The third kappa shape index (κ3) is 2.29. The number of nitrogens with one attached hydrogen (secondary N) is 1. The summed E-state index contributed by atoms with van der Waals surface area (Å²) >= 11 is 0. The molecule has 82 valence electrons. The van der Waals surface area contributed by atoms with E-state index in [-0.39, 0.29) is 0 Å². The zero-order valence-electron chi connectivity index (χ0n) is 9.47. The number of fused-ring (bicyclic) bond motifs is 1. The highest BCUT2D eigenvalue weighted by atomic mass is 15.2. The first-order chi connectivity index (χ1) is 6.92. The molecule has 0 unspecified atom stereocenters. The molecule has 2 nitrogen and oxygen atoms in total. The zero-order valence-corrected chi connectivity index (χ0v) is 9.47. The zero-order chi connectivity index (χ0) is 9.80.